The normalized spacial score (nSPS) is 10.8. The number of amides is 1. The van der Waals surface area contributed by atoms with Crippen LogP contribution in [0.4, 0.5) is 0 Å². The molecule has 5 nitrogen and oxygen atoms in total. The van der Waals surface area contributed by atoms with Crippen LogP contribution in [0.5, 0.6) is 0 Å². The minimum absolute atomic E-state index is 0.0874. The van der Waals surface area contributed by atoms with Crippen LogP contribution < -0.4 is 0 Å². The highest BCUT2D eigenvalue weighted by atomic mass is 16.2. The van der Waals surface area contributed by atoms with E-state index in [4.69, 9.17) is 5.26 Å². The van der Waals surface area contributed by atoms with Crippen molar-refractivity contribution >= 4 is 12.0 Å². The summed E-state index contributed by atoms with van der Waals surface area (Å²) in [4.78, 5) is 14.1. The molecule has 0 unspecified atom stereocenters. The van der Waals surface area contributed by atoms with E-state index in [1.807, 2.05) is 67.1 Å². The molecule has 0 saturated carbocycles. The Balaban J connectivity index is 1.73. The largest absolute Gasteiger partial charge is 0.338 e. The maximum Gasteiger partial charge on any atom is 0.246 e. The summed E-state index contributed by atoms with van der Waals surface area (Å²) in [5, 5.41) is 13.5. The predicted octanol–water partition coefficient (Wildman–Crippen LogP) is 4.03. The lowest BCUT2D eigenvalue weighted by molar-refractivity contribution is -0.125. The Morgan fingerprint density at radius 2 is 1.82 bits per heavy atom. The van der Waals surface area contributed by atoms with E-state index in [0.29, 0.717) is 12.1 Å². The van der Waals surface area contributed by atoms with Gasteiger partial charge >= 0.3 is 0 Å². The fourth-order valence-electron chi connectivity index (χ4n) is 3.03. The number of carbonyl (C=O) groups is 1. The van der Waals surface area contributed by atoms with E-state index in [0.717, 1.165) is 28.2 Å². The van der Waals surface area contributed by atoms with Crippen LogP contribution in [0.25, 0.3) is 11.8 Å². The molecule has 0 atom stereocenters. The first-order valence-electron chi connectivity index (χ1n) is 9.03. The maximum absolute atomic E-state index is 12.5. The van der Waals surface area contributed by atoms with Gasteiger partial charge in [0.2, 0.25) is 5.91 Å². The number of para-hydroxylation sites is 1. The number of benzene rings is 2. The molecule has 0 fully saturated rings. The lowest BCUT2D eigenvalue weighted by Crippen LogP contribution is -2.24. The zero-order valence-corrected chi connectivity index (χ0v) is 16.3. The first-order valence-corrected chi connectivity index (χ1v) is 9.03. The number of hydrogen-bond donors (Lipinski definition) is 0. The van der Waals surface area contributed by atoms with Gasteiger partial charge in [0.1, 0.15) is 0 Å². The van der Waals surface area contributed by atoms with Gasteiger partial charge in [-0.3, -0.25) is 4.79 Å². The minimum Gasteiger partial charge on any atom is -0.338 e. The molecule has 0 spiro atoms. The lowest BCUT2D eigenvalue weighted by Gasteiger charge is -2.15. The van der Waals surface area contributed by atoms with E-state index >= 15 is 0 Å². The van der Waals surface area contributed by atoms with Crippen LogP contribution in [0.3, 0.4) is 0 Å². The molecule has 1 heterocycles. The molecule has 28 heavy (non-hydrogen) atoms. The van der Waals surface area contributed by atoms with Crippen molar-refractivity contribution in [3.05, 3.63) is 88.8 Å². The average molecular weight is 370 g/mol. The van der Waals surface area contributed by atoms with Gasteiger partial charge in [-0.05, 0) is 49.8 Å². The number of aromatic nitrogens is 2. The molecule has 3 aromatic rings. The molecular formula is C23H22N4O. The Kier molecular flexibility index (Phi) is 5.71. The van der Waals surface area contributed by atoms with Crippen LogP contribution in [0.1, 0.15) is 28.1 Å². The van der Waals surface area contributed by atoms with Crippen molar-refractivity contribution in [2.24, 2.45) is 0 Å². The molecular weight excluding hydrogens is 348 g/mol. The number of aryl methyl sites for hydroxylation is 1. The second-order valence-corrected chi connectivity index (χ2v) is 6.67. The van der Waals surface area contributed by atoms with Crippen LogP contribution in [-0.4, -0.2) is 27.6 Å². The van der Waals surface area contributed by atoms with Crippen LogP contribution in [-0.2, 0) is 11.3 Å². The van der Waals surface area contributed by atoms with Gasteiger partial charge in [-0.1, -0.05) is 30.3 Å². The van der Waals surface area contributed by atoms with E-state index in [1.165, 1.54) is 0 Å². The number of rotatable bonds is 5. The van der Waals surface area contributed by atoms with Gasteiger partial charge in [-0.25, -0.2) is 4.68 Å². The van der Waals surface area contributed by atoms with Crippen LogP contribution in [0.15, 0.2) is 60.7 Å². The molecule has 0 aliphatic rings. The topological polar surface area (TPSA) is 61.9 Å². The third-order valence-electron chi connectivity index (χ3n) is 4.62. The zero-order valence-electron chi connectivity index (χ0n) is 16.3. The second-order valence-electron chi connectivity index (χ2n) is 6.67. The molecule has 140 valence electrons. The second kappa shape index (κ2) is 8.36. The fourth-order valence-corrected chi connectivity index (χ4v) is 3.03. The average Bonchev–Trinajstić information content (AvgIpc) is 3.01. The van der Waals surface area contributed by atoms with Crippen molar-refractivity contribution in [3.63, 3.8) is 0 Å². The first-order chi connectivity index (χ1) is 13.5. The van der Waals surface area contributed by atoms with E-state index < -0.39 is 0 Å². The molecule has 3 rings (SSSR count). The summed E-state index contributed by atoms with van der Waals surface area (Å²) in [7, 11) is 1.76. The summed E-state index contributed by atoms with van der Waals surface area (Å²) in [6.45, 7) is 4.42. The quantitative estimate of drug-likeness (QED) is 0.637. The van der Waals surface area contributed by atoms with E-state index in [-0.39, 0.29) is 5.91 Å². The van der Waals surface area contributed by atoms with Crippen LogP contribution in [0, 0.1) is 25.2 Å². The smallest absolute Gasteiger partial charge is 0.246 e. The molecule has 5 heteroatoms. The number of hydrogen-bond acceptors (Lipinski definition) is 3. The van der Waals surface area contributed by atoms with Gasteiger partial charge in [0.15, 0.2) is 0 Å². The molecule has 0 radical (unpaired) electrons. The van der Waals surface area contributed by atoms with Crippen LogP contribution in [0.2, 0.25) is 0 Å². The minimum atomic E-state index is -0.0874. The molecule has 0 N–H and O–H groups in total. The molecule has 0 saturated heterocycles. The van der Waals surface area contributed by atoms with E-state index in [1.54, 1.807) is 30.2 Å². The number of nitrogens with zero attached hydrogens (tertiary/aromatic N) is 4. The van der Waals surface area contributed by atoms with E-state index in [2.05, 4.69) is 11.2 Å². The van der Waals surface area contributed by atoms with Gasteiger partial charge in [0.05, 0.1) is 23.0 Å². The summed E-state index contributed by atoms with van der Waals surface area (Å²) in [5.41, 5.74) is 5.39. The van der Waals surface area contributed by atoms with Crippen molar-refractivity contribution in [1.29, 1.82) is 5.26 Å². The first kappa shape index (κ1) is 19.1. The third-order valence-corrected chi connectivity index (χ3v) is 4.62. The molecule has 0 aliphatic heterocycles. The van der Waals surface area contributed by atoms with Gasteiger partial charge in [0.25, 0.3) is 0 Å². The highest BCUT2D eigenvalue weighted by molar-refractivity contribution is 5.91. The fraction of sp³-hybridized carbons (Fsp3) is 0.174. The van der Waals surface area contributed by atoms with Gasteiger partial charge in [0, 0.05) is 30.9 Å². The summed E-state index contributed by atoms with van der Waals surface area (Å²) in [5.74, 6) is -0.0874. The molecule has 1 aromatic heterocycles. The van der Waals surface area contributed by atoms with Crippen molar-refractivity contribution < 1.29 is 4.79 Å². The summed E-state index contributed by atoms with van der Waals surface area (Å²) in [6, 6.07) is 19.3. The van der Waals surface area contributed by atoms with Gasteiger partial charge in [-0.2, -0.15) is 10.4 Å². The monoisotopic (exact) mass is 370 g/mol. The Morgan fingerprint density at radius 3 is 2.46 bits per heavy atom. The van der Waals surface area contributed by atoms with Gasteiger partial charge < -0.3 is 4.90 Å². The molecule has 0 aliphatic carbocycles. The number of carbonyl (C=O) groups excluding carboxylic acids is 1. The van der Waals surface area contributed by atoms with Crippen molar-refractivity contribution in [1.82, 2.24) is 14.7 Å². The van der Waals surface area contributed by atoms with E-state index in [9.17, 15) is 4.79 Å². The molecule has 1 amide bonds. The Hall–Kier alpha value is -3.65. The SMILES string of the molecule is Cc1nn(-c2ccccc2)c(C)c1/C=C/C(=O)N(C)Cc1ccc(C#N)cc1. The highest BCUT2D eigenvalue weighted by Gasteiger charge is 2.12. The summed E-state index contributed by atoms with van der Waals surface area (Å²) in [6.07, 6.45) is 3.41. The Morgan fingerprint density at radius 1 is 1.14 bits per heavy atom. The molecule has 2 aromatic carbocycles. The Labute approximate surface area is 165 Å². The standard InChI is InChI=1S/C23H22N4O/c1-17-22(18(2)27(25-17)21-7-5-4-6-8-21)13-14-23(28)26(3)16-20-11-9-19(15-24)10-12-20/h4-14H,16H2,1-3H3/b14-13+. The molecule has 0 bridgehead atoms. The van der Waals surface area contributed by atoms with Crippen molar-refractivity contribution in [2.45, 2.75) is 20.4 Å². The van der Waals surface area contributed by atoms with Crippen molar-refractivity contribution in [3.8, 4) is 11.8 Å². The number of likely N-dealkylation sites (N-methyl/N-ethyl adjacent to an activating group) is 1. The van der Waals surface area contributed by atoms with Gasteiger partial charge in [-0.15, -0.1) is 0 Å². The highest BCUT2D eigenvalue weighted by Crippen LogP contribution is 2.19. The summed E-state index contributed by atoms with van der Waals surface area (Å²) >= 11 is 0. The predicted molar refractivity (Wildman–Crippen MR) is 110 cm³/mol. The summed E-state index contributed by atoms with van der Waals surface area (Å²) < 4.78 is 1.89. The zero-order chi connectivity index (χ0) is 20.1. The lowest BCUT2D eigenvalue weighted by atomic mass is 10.1. The maximum atomic E-state index is 12.5. The van der Waals surface area contributed by atoms with Crippen molar-refractivity contribution in [2.75, 3.05) is 7.05 Å². The number of nitriles is 1. The van der Waals surface area contributed by atoms with Crippen LogP contribution >= 0.6 is 0 Å². The Bertz CT molecular complexity index is 1040. The third kappa shape index (κ3) is 4.18.